The number of nitrogens with one attached hydrogen (secondary N) is 2. The highest BCUT2D eigenvalue weighted by Crippen LogP contribution is 2.41. The second kappa shape index (κ2) is 9.93. The van der Waals surface area contributed by atoms with Crippen molar-refractivity contribution in [3.63, 3.8) is 0 Å². The van der Waals surface area contributed by atoms with Crippen molar-refractivity contribution in [2.24, 2.45) is 5.92 Å². The highest BCUT2D eigenvalue weighted by atomic mass is 79.9. The summed E-state index contributed by atoms with van der Waals surface area (Å²) in [6.45, 7) is -0.0589. The van der Waals surface area contributed by atoms with Gasteiger partial charge in [-0.25, -0.2) is 4.39 Å². The molecular formula is C21H22BrFN2O4S. The molecule has 0 bridgehead atoms. The van der Waals surface area contributed by atoms with Gasteiger partial charge in [0.1, 0.15) is 5.82 Å². The molecule has 0 spiro atoms. The number of ether oxygens (including phenoxy) is 2. The van der Waals surface area contributed by atoms with Crippen LogP contribution >= 0.6 is 28.1 Å². The van der Waals surface area contributed by atoms with E-state index in [0.717, 1.165) is 0 Å². The van der Waals surface area contributed by atoms with Crippen molar-refractivity contribution in [2.45, 2.75) is 11.6 Å². The molecule has 2 aromatic carbocycles. The zero-order valence-corrected chi connectivity index (χ0v) is 18.6. The normalized spacial score (nSPS) is 23.2. The van der Waals surface area contributed by atoms with Gasteiger partial charge in [-0.15, -0.1) is 0 Å². The van der Waals surface area contributed by atoms with E-state index in [-0.39, 0.29) is 30.5 Å². The fraction of sp³-hybridized carbons (Fsp3) is 0.333. The average Bonchev–Trinajstić information content (AvgIpc) is 3.08. The summed E-state index contributed by atoms with van der Waals surface area (Å²) in [5.74, 6) is -1.46. The highest BCUT2D eigenvalue weighted by molar-refractivity contribution is 9.10. The molecule has 1 amide bonds. The van der Waals surface area contributed by atoms with Crippen LogP contribution < -0.4 is 10.6 Å². The van der Waals surface area contributed by atoms with Crippen LogP contribution in [0.15, 0.2) is 53.0 Å². The maximum Gasteiger partial charge on any atom is 0.257 e. The van der Waals surface area contributed by atoms with Crippen molar-refractivity contribution in [1.29, 1.82) is 0 Å². The first kappa shape index (κ1) is 22.8. The molecule has 0 aromatic heterocycles. The molecule has 3 atom stereocenters. The Labute approximate surface area is 187 Å². The van der Waals surface area contributed by atoms with E-state index in [1.807, 2.05) is 0 Å². The van der Waals surface area contributed by atoms with Crippen LogP contribution in [0, 0.1) is 11.7 Å². The molecule has 6 nitrogen and oxygen atoms in total. The van der Waals surface area contributed by atoms with Crippen LogP contribution in [-0.4, -0.2) is 49.2 Å². The van der Waals surface area contributed by atoms with Crippen molar-refractivity contribution in [3.8, 4) is 0 Å². The Morgan fingerprint density at radius 2 is 2.10 bits per heavy atom. The molecule has 0 radical (unpaired) electrons. The van der Waals surface area contributed by atoms with Gasteiger partial charge in [-0.05, 0) is 42.5 Å². The molecule has 1 fully saturated rings. The highest BCUT2D eigenvalue weighted by Gasteiger charge is 2.52. The Balaban J connectivity index is 1.93. The zero-order chi connectivity index (χ0) is 21.7. The van der Waals surface area contributed by atoms with E-state index in [0.29, 0.717) is 10.0 Å². The number of thiocarbonyl (C=S) groups is 1. The fourth-order valence-corrected chi connectivity index (χ4v) is 4.33. The molecule has 160 valence electrons. The summed E-state index contributed by atoms with van der Waals surface area (Å²) in [5.41, 5.74) is -0.499. The quantitative estimate of drug-likeness (QED) is 0.533. The third-order valence-corrected chi connectivity index (χ3v) is 5.84. The maximum absolute atomic E-state index is 14.9. The summed E-state index contributed by atoms with van der Waals surface area (Å²) in [4.78, 5) is 12.5. The van der Waals surface area contributed by atoms with Crippen molar-refractivity contribution in [2.75, 3.05) is 26.9 Å². The van der Waals surface area contributed by atoms with E-state index in [2.05, 4.69) is 26.6 Å². The van der Waals surface area contributed by atoms with Gasteiger partial charge in [-0.2, -0.15) is 0 Å². The van der Waals surface area contributed by atoms with Crippen molar-refractivity contribution >= 4 is 39.2 Å². The van der Waals surface area contributed by atoms with E-state index in [9.17, 15) is 14.3 Å². The molecule has 2 aromatic rings. The van der Waals surface area contributed by atoms with Crippen molar-refractivity contribution in [1.82, 2.24) is 10.6 Å². The summed E-state index contributed by atoms with van der Waals surface area (Å²) in [6, 6.07) is 13.1. The standard InChI is InChI=1S/C21H22BrFN2O4S/c1-28-11-18-16(10-26)21(12-29-18,15-9-14(22)7-8-17(15)23)25-20(30)24-19(27)13-5-3-2-4-6-13/h2-9,16,18,26H,10-12H2,1H3,(H2,24,25,27,30)/t16-,18-,21-/m1/s1. The lowest BCUT2D eigenvalue weighted by Crippen LogP contribution is -2.57. The first-order chi connectivity index (χ1) is 14.4. The molecular weight excluding hydrogens is 475 g/mol. The maximum atomic E-state index is 14.9. The Morgan fingerprint density at radius 1 is 1.37 bits per heavy atom. The second-order valence-corrected chi connectivity index (χ2v) is 8.29. The number of halogens is 2. The van der Waals surface area contributed by atoms with Gasteiger partial charge in [0, 0.05) is 28.6 Å². The molecule has 3 N–H and O–H groups in total. The van der Waals surface area contributed by atoms with E-state index < -0.39 is 29.3 Å². The number of methoxy groups -OCH3 is 1. The summed E-state index contributed by atoms with van der Waals surface area (Å²) < 4.78 is 26.6. The monoisotopic (exact) mass is 496 g/mol. The number of aliphatic hydroxyl groups is 1. The molecule has 0 unspecified atom stereocenters. The van der Waals surface area contributed by atoms with Gasteiger partial charge in [-0.1, -0.05) is 34.1 Å². The fourth-order valence-electron chi connectivity index (χ4n) is 3.69. The van der Waals surface area contributed by atoms with E-state index in [1.54, 1.807) is 42.5 Å². The van der Waals surface area contributed by atoms with Crippen LogP contribution in [-0.2, 0) is 15.0 Å². The zero-order valence-electron chi connectivity index (χ0n) is 16.2. The first-order valence-corrected chi connectivity index (χ1v) is 10.5. The summed E-state index contributed by atoms with van der Waals surface area (Å²) in [7, 11) is 1.52. The number of amides is 1. The van der Waals surface area contributed by atoms with Gasteiger partial charge in [0.2, 0.25) is 0 Å². The van der Waals surface area contributed by atoms with Gasteiger partial charge >= 0.3 is 0 Å². The Bertz CT molecular complexity index is 917. The van der Waals surface area contributed by atoms with Gasteiger partial charge < -0.3 is 19.9 Å². The third kappa shape index (κ3) is 4.70. The van der Waals surface area contributed by atoms with Gasteiger partial charge in [0.25, 0.3) is 5.91 Å². The van der Waals surface area contributed by atoms with Crippen LogP contribution in [0.3, 0.4) is 0 Å². The predicted octanol–water partition coefficient (Wildman–Crippen LogP) is 2.74. The van der Waals surface area contributed by atoms with Crippen LogP contribution in [0.2, 0.25) is 0 Å². The Hall–Kier alpha value is -1.91. The molecule has 0 saturated carbocycles. The molecule has 0 aliphatic carbocycles. The molecule has 1 aliphatic rings. The molecule has 30 heavy (non-hydrogen) atoms. The molecule has 9 heteroatoms. The van der Waals surface area contributed by atoms with Crippen molar-refractivity contribution < 1.29 is 23.8 Å². The predicted molar refractivity (Wildman–Crippen MR) is 118 cm³/mol. The topological polar surface area (TPSA) is 79.8 Å². The van der Waals surface area contributed by atoms with Crippen molar-refractivity contribution in [3.05, 3.63) is 69.9 Å². The summed E-state index contributed by atoms with van der Waals surface area (Å²) in [6.07, 6.45) is -0.487. The van der Waals surface area contributed by atoms with E-state index in [4.69, 9.17) is 21.7 Å². The van der Waals surface area contributed by atoms with Gasteiger partial charge in [0.15, 0.2) is 5.11 Å². The minimum absolute atomic E-state index is 0.00310. The first-order valence-electron chi connectivity index (χ1n) is 9.26. The lowest BCUT2D eigenvalue weighted by molar-refractivity contribution is 0.00949. The number of carbonyl (C=O) groups excluding carboxylic acids is 1. The number of benzene rings is 2. The Morgan fingerprint density at radius 3 is 2.77 bits per heavy atom. The lowest BCUT2D eigenvalue weighted by atomic mass is 9.78. The van der Waals surface area contributed by atoms with Crippen LogP contribution in [0.1, 0.15) is 15.9 Å². The van der Waals surface area contributed by atoms with E-state index in [1.165, 1.54) is 13.2 Å². The second-order valence-electron chi connectivity index (χ2n) is 6.96. The molecule has 1 heterocycles. The van der Waals surface area contributed by atoms with Crippen LogP contribution in [0.4, 0.5) is 4.39 Å². The number of hydrogen-bond acceptors (Lipinski definition) is 5. The largest absolute Gasteiger partial charge is 0.396 e. The molecule has 1 aliphatic heterocycles. The summed E-state index contributed by atoms with van der Waals surface area (Å²) >= 11 is 8.74. The lowest BCUT2D eigenvalue weighted by Gasteiger charge is -2.37. The number of carbonyl (C=O) groups is 1. The SMILES string of the molecule is COC[C@H]1OC[C@@](NC(=S)NC(=O)c2ccccc2)(c2cc(Br)ccc2F)[C@@H]1CO. The van der Waals surface area contributed by atoms with E-state index >= 15 is 0 Å². The minimum atomic E-state index is -1.20. The van der Waals surface area contributed by atoms with Crippen LogP contribution in [0.5, 0.6) is 0 Å². The molecule has 3 rings (SSSR count). The Kier molecular flexibility index (Phi) is 7.54. The minimum Gasteiger partial charge on any atom is -0.396 e. The van der Waals surface area contributed by atoms with Gasteiger partial charge in [0.05, 0.1) is 31.5 Å². The number of hydrogen-bond donors (Lipinski definition) is 3. The summed E-state index contributed by atoms with van der Waals surface area (Å²) in [5, 5.41) is 15.8. The van der Waals surface area contributed by atoms with Crippen LogP contribution in [0.25, 0.3) is 0 Å². The smallest absolute Gasteiger partial charge is 0.257 e. The van der Waals surface area contributed by atoms with Gasteiger partial charge in [-0.3, -0.25) is 10.1 Å². The number of rotatable bonds is 6. The average molecular weight is 497 g/mol. The molecule has 1 saturated heterocycles. The third-order valence-electron chi connectivity index (χ3n) is 5.14. The number of aliphatic hydroxyl groups excluding tert-OH is 1.